The van der Waals surface area contributed by atoms with Gasteiger partial charge in [-0.1, -0.05) is 27.7 Å². The minimum absolute atomic E-state index is 0.570. The summed E-state index contributed by atoms with van der Waals surface area (Å²) < 4.78 is 6.09. The standard InChI is InChI=1S/C15H24O/c1-8-5-6-11-14(3,4)10-7-15(8,11)13-12(16-13)9(10)2/h8-13H,5-7H2,1-4H3. The zero-order valence-corrected chi connectivity index (χ0v) is 11.0. The molecule has 3 saturated carbocycles. The fourth-order valence-corrected chi connectivity index (χ4v) is 6.25. The molecule has 1 heterocycles. The van der Waals surface area contributed by atoms with Crippen LogP contribution in [0.1, 0.15) is 47.0 Å². The lowest BCUT2D eigenvalue weighted by atomic mass is 9.66. The van der Waals surface area contributed by atoms with Gasteiger partial charge in [0.1, 0.15) is 0 Å². The van der Waals surface area contributed by atoms with Crippen LogP contribution in [-0.2, 0) is 4.74 Å². The highest BCUT2D eigenvalue weighted by atomic mass is 16.6. The topological polar surface area (TPSA) is 12.5 Å². The van der Waals surface area contributed by atoms with Crippen LogP contribution in [0.15, 0.2) is 0 Å². The van der Waals surface area contributed by atoms with E-state index in [2.05, 4.69) is 27.7 Å². The van der Waals surface area contributed by atoms with Crippen molar-refractivity contribution >= 4 is 0 Å². The summed E-state index contributed by atoms with van der Waals surface area (Å²) in [6.07, 6.45) is 5.64. The molecule has 2 bridgehead atoms. The molecule has 3 aliphatic carbocycles. The zero-order chi connectivity index (χ0) is 11.3. The Balaban J connectivity index is 1.86. The van der Waals surface area contributed by atoms with E-state index in [1.165, 1.54) is 19.3 Å². The molecule has 4 fully saturated rings. The van der Waals surface area contributed by atoms with Crippen molar-refractivity contribution in [3.8, 4) is 0 Å². The Labute approximate surface area is 98.9 Å². The summed E-state index contributed by atoms with van der Waals surface area (Å²) in [5.41, 5.74) is 1.16. The van der Waals surface area contributed by atoms with Gasteiger partial charge in [-0.15, -0.1) is 0 Å². The average molecular weight is 220 g/mol. The molecule has 0 amide bonds. The van der Waals surface area contributed by atoms with Crippen LogP contribution in [-0.4, -0.2) is 12.2 Å². The van der Waals surface area contributed by atoms with Gasteiger partial charge in [-0.3, -0.25) is 0 Å². The van der Waals surface area contributed by atoms with E-state index in [4.69, 9.17) is 4.74 Å². The molecule has 16 heavy (non-hydrogen) atoms. The lowest BCUT2D eigenvalue weighted by Crippen LogP contribution is -2.38. The van der Waals surface area contributed by atoms with Crippen LogP contribution in [0.2, 0.25) is 0 Å². The van der Waals surface area contributed by atoms with E-state index in [1.54, 1.807) is 0 Å². The molecule has 0 aromatic heterocycles. The maximum atomic E-state index is 6.09. The van der Waals surface area contributed by atoms with Crippen molar-refractivity contribution in [3.05, 3.63) is 0 Å². The number of ether oxygens (including phenoxy) is 1. The van der Waals surface area contributed by atoms with Gasteiger partial charge in [-0.05, 0) is 48.3 Å². The molecule has 0 aromatic rings. The Morgan fingerprint density at radius 1 is 1.12 bits per heavy atom. The van der Waals surface area contributed by atoms with Crippen LogP contribution in [0.5, 0.6) is 0 Å². The average Bonchev–Trinajstić information content (AvgIpc) is 2.91. The SMILES string of the molecule is CC1C2OC2C23CC1C(C)(C)C2CCC3C. The maximum Gasteiger partial charge on any atom is 0.0906 e. The van der Waals surface area contributed by atoms with E-state index in [0.29, 0.717) is 23.0 Å². The Morgan fingerprint density at radius 2 is 1.88 bits per heavy atom. The van der Waals surface area contributed by atoms with Gasteiger partial charge in [-0.25, -0.2) is 0 Å². The highest BCUT2D eigenvalue weighted by Crippen LogP contribution is 2.76. The minimum Gasteiger partial charge on any atom is -0.369 e. The van der Waals surface area contributed by atoms with E-state index in [1.807, 2.05) is 0 Å². The van der Waals surface area contributed by atoms with E-state index in [9.17, 15) is 0 Å². The first-order valence-electron chi connectivity index (χ1n) is 7.15. The molecule has 0 radical (unpaired) electrons. The molecule has 7 atom stereocenters. The third kappa shape index (κ3) is 0.805. The van der Waals surface area contributed by atoms with Gasteiger partial charge >= 0.3 is 0 Å². The summed E-state index contributed by atoms with van der Waals surface area (Å²) in [7, 11) is 0. The summed E-state index contributed by atoms with van der Waals surface area (Å²) in [5.74, 6) is 3.58. The summed E-state index contributed by atoms with van der Waals surface area (Å²) in [6, 6.07) is 0. The Bertz CT molecular complexity index is 347. The van der Waals surface area contributed by atoms with Crippen LogP contribution in [0.3, 0.4) is 0 Å². The van der Waals surface area contributed by atoms with Crippen molar-refractivity contribution in [2.24, 2.45) is 34.5 Å². The fraction of sp³-hybridized carbons (Fsp3) is 1.00. The quantitative estimate of drug-likeness (QED) is 0.569. The van der Waals surface area contributed by atoms with Crippen molar-refractivity contribution in [3.63, 3.8) is 0 Å². The Hall–Kier alpha value is -0.0400. The minimum atomic E-state index is 0.570. The molecule has 1 aliphatic heterocycles. The van der Waals surface area contributed by atoms with Gasteiger partial charge in [-0.2, -0.15) is 0 Å². The van der Waals surface area contributed by atoms with Gasteiger partial charge in [0.2, 0.25) is 0 Å². The first-order chi connectivity index (χ1) is 7.49. The van der Waals surface area contributed by atoms with Crippen LogP contribution < -0.4 is 0 Å². The number of epoxide rings is 1. The van der Waals surface area contributed by atoms with E-state index in [-0.39, 0.29) is 0 Å². The summed E-state index contributed by atoms with van der Waals surface area (Å²) in [4.78, 5) is 0. The molecular formula is C15H24O. The van der Waals surface area contributed by atoms with E-state index >= 15 is 0 Å². The Kier molecular flexibility index (Phi) is 1.57. The third-order valence-corrected chi connectivity index (χ3v) is 7.09. The lowest BCUT2D eigenvalue weighted by Gasteiger charge is -2.36. The summed E-state index contributed by atoms with van der Waals surface area (Å²) in [6.45, 7) is 10.0. The number of rotatable bonds is 0. The molecule has 1 heteroatoms. The molecular weight excluding hydrogens is 196 g/mol. The van der Waals surface area contributed by atoms with Gasteiger partial charge in [0, 0.05) is 5.41 Å². The van der Waals surface area contributed by atoms with Crippen molar-refractivity contribution in [2.75, 3.05) is 0 Å². The zero-order valence-electron chi connectivity index (χ0n) is 11.0. The number of fused-ring (bicyclic) bond motifs is 2. The molecule has 1 spiro atoms. The van der Waals surface area contributed by atoms with Gasteiger partial charge in [0.25, 0.3) is 0 Å². The van der Waals surface area contributed by atoms with E-state index in [0.717, 1.165) is 23.7 Å². The van der Waals surface area contributed by atoms with Crippen LogP contribution in [0, 0.1) is 34.5 Å². The second kappa shape index (κ2) is 2.53. The predicted octanol–water partition coefficient (Wildman–Crippen LogP) is 3.48. The molecule has 4 rings (SSSR count). The molecule has 1 saturated heterocycles. The van der Waals surface area contributed by atoms with Gasteiger partial charge < -0.3 is 4.74 Å². The first-order valence-corrected chi connectivity index (χ1v) is 7.15. The lowest BCUT2D eigenvalue weighted by molar-refractivity contribution is 0.0792. The third-order valence-electron chi connectivity index (χ3n) is 7.09. The number of hydrogen-bond donors (Lipinski definition) is 0. The summed E-state index contributed by atoms with van der Waals surface area (Å²) in [5, 5.41) is 0. The highest BCUT2D eigenvalue weighted by molar-refractivity contribution is 5.23. The van der Waals surface area contributed by atoms with Crippen molar-refractivity contribution in [1.29, 1.82) is 0 Å². The molecule has 7 unspecified atom stereocenters. The second-order valence-corrected chi connectivity index (χ2v) is 7.66. The van der Waals surface area contributed by atoms with Crippen LogP contribution in [0.25, 0.3) is 0 Å². The maximum absolute atomic E-state index is 6.09. The van der Waals surface area contributed by atoms with Crippen LogP contribution >= 0.6 is 0 Å². The first kappa shape index (κ1) is 9.94. The van der Waals surface area contributed by atoms with Crippen molar-refractivity contribution in [1.82, 2.24) is 0 Å². The fourth-order valence-electron chi connectivity index (χ4n) is 6.25. The predicted molar refractivity (Wildman–Crippen MR) is 64.0 cm³/mol. The van der Waals surface area contributed by atoms with Crippen LogP contribution in [0.4, 0.5) is 0 Å². The van der Waals surface area contributed by atoms with E-state index < -0.39 is 0 Å². The Morgan fingerprint density at radius 3 is 2.62 bits per heavy atom. The number of hydrogen-bond acceptors (Lipinski definition) is 1. The van der Waals surface area contributed by atoms with Crippen molar-refractivity contribution in [2.45, 2.75) is 59.2 Å². The monoisotopic (exact) mass is 220 g/mol. The summed E-state index contributed by atoms with van der Waals surface area (Å²) >= 11 is 0. The molecule has 90 valence electrons. The van der Waals surface area contributed by atoms with Gasteiger partial charge in [0.05, 0.1) is 12.2 Å². The smallest absolute Gasteiger partial charge is 0.0906 e. The second-order valence-electron chi connectivity index (χ2n) is 7.66. The molecule has 0 aromatic carbocycles. The largest absolute Gasteiger partial charge is 0.369 e. The molecule has 0 N–H and O–H groups in total. The van der Waals surface area contributed by atoms with Crippen molar-refractivity contribution < 1.29 is 4.74 Å². The highest BCUT2D eigenvalue weighted by Gasteiger charge is 2.76. The van der Waals surface area contributed by atoms with Gasteiger partial charge in [0.15, 0.2) is 0 Å². The molecule has 4 aliphatic rings. The molecule has 1 nitrogen and oxygen atoms in total. The normalized spacial score (nSPS) is 65.2.